The second-order valence-electron chi connectivity index (χ2n) is 3.01. The molecule has 2 rings (SSSR count). The average molecular weight is 215 g/mol. The van der Waals surface area contributed by atoms with E-state index in [-0.39, 0.29) is 0 Å². The van der Waals surface area contributed by atoms with Crippen molar-refractivity contribution in [2.75, 3.05) is 0 Å². The van der Waals surface area contributed by atoms with Crippen molar-refractivity contribution >= 4 is 26.5 Å². The number of sulfone groups is 1. The minimum atomic E-state index is -3.27. The minimum absolute atomic E-state index is 0.301. The quantitative estimate of drug-likeness (QED) is 0.664. The number of aryl methyl sites for hydroxylation is 1. The molecule has 1 aromatic rings. The van der Waals surface area contributed by atoms with Crippen LogP contribution >= 0.6 is 11.6 Å². The molecular formula is C9H7ClO2S. The SMILES string of the molecule is Cc1ccc2c(c1)S(=O)(=O)C=C2Cl. The molecule has 0 bridgehead atoms. The van der Waals surface area contributed by atoms with Gasteiger partial charge in [0.05, 0.1) is 15.3 Å². The lowest BCUT2D eigenvalue weighted by atomic mass is 10.1. The third-order valence-electron chi connectivity index (χ3n) is 1.96. The number of fused-ring (bicyclic) bond motifs is 1. The number of hydrogen-bond acceptors (Lipinski definition) is 2. The number of halogens is 1. The van der Waals surface area contributed by atoms with Crippen LogP contribution in [0.1, 0.15) is 11.1 Å². The molecule has 4 heteroatoms. The molecule has 0 N–H and O–H groups in total. The smallest absolute Gasteiger partial charge is 0.201 e. The average Bonchev–Trinajstić information content (AvgIpc) is 2.23. The van der Waals surface area contributed by atoms with Gasteiger partial charge in [-0.15, -0.1) is 0 Å². The van der Waals surface area contributed by atoms with E-state index in [2.05, 4.69) is 0 Å². The van der Waals surface area contributed by atoms with E-state index in [0.29, 0.717) is 15.5 Å². The van der Waals surface area contributed by atoms with E-state index in [9.17, 15) is 8.42 Å². The second-order valence-corrected chi connectivity index (χ2v) is 5.18. The first-order chi connectivity index (χ1) is 6.00. The molecule has 0 fully saturated rings. The van der Waals surface area contributed by atoms with E-state index in [4.69, 9.17) is 11.6 Å². The topological polar surface area (TPSA) is 34.1 Å². The summed E-state index contributed by atoms with van der Waals surface area (Å²) in [5, 5.41) is 1.40. The highest BCUT2D eigenvalue weighted by molar-refractivity contribution is 7.95. The van der Waals surface area contributed by atoms with Gasteiger partial charge in [-0.05, 0) is 18.6 Å². The van der Waals surface area contributed by atoms with Gasteiger partial charge in [-0.2, -0.15) is 0 Å². The molecule has 0 spiro atoms. The van der Waals surface area contributed by atoms with Gasteiger partial charge in [-0.25, -0.2) is 8.42 Å². The summed E-state index contributed by atoms with van der Waals surface area (Å²) in [6.45, 7) is 1.85. The fourth-order valence-electron chi connectivity index (χ4n) is 1.33. The van der Waals surface area contributed by atoms with E-state index >= 15 is 0 Å². The summed E-state index contributed by atoms with van der Waals surface area (Å²) in [5.74, 6) is 0. The van der Waals surface area contributed by atoms with Crippen molar-refractivity contribution < 1.29 is 8.42 Å². The molecule has 1 heterocycles. The lowest BCUT2D eigenvalue weighted by Gasteiger charge is -1.99. The van der Waals surface area contributed by atoms with Gasteiger partial charge in [0, 0.05) is 5.56 Å². The number of benzene rings is 1. The van der Waals surface area contributed by atoms with Crippen LogP contribution in [0, 0.1) is 6.92 Å². The fraction of sp³-hybridized carbons (Fsp3) is 0.111. The van der Waals surface area contributed by atoms with Crippen LogP contribution < -0.4 is 0 Å². The molecule has 0 saturated heterocycles. The van der Waals surface area contributed by atoms with Crippen LogP contribution in [-0.4, -0.2) is 8.42 Å². The van der Waals surface area contributed by atoms with Crippen LogP contribution in [0.4, 0.5) is 0 Å². The predicted octanol–water partition coefficient (Wildman–Crippen LogP) is 2.32. The molecule has 1 aromatic carbocycles. The Balaban J connectivity index is 2.83. The van der Waals surface area contributed by atoms with Gasteiger partial charge in [0.25, 0.3) is 0 Å². The van der Waals surface area contributed by atoms with Crippen molar-refractivity contribution in [1.29, 1.82) is 0 Å². The fourth-order valence-corrected chi connectivity index (χ4v) is 3.26. The predicted molar refractivity (Wildman–Crippen MR) is 52.2 cm³/mol. The summed E-state index contributed by atoms with van der Waals surface area (Å²) in [6, 6.07) is 5.21. The first-order valence-corrected chi connectivity index (χ1v) is 5.66. The summed E-state index contributed by atoms with van der Waals surface area (Å²) in [5.41, 5.74) is 1.52. The van der Waals surface area contributed by atoms with Crippen molar-refractivity contribution in [2.24, 2.45) is 0 Å². The second kappa shape index (κ2) is 2.59. The molecule has 0 unspecified atom stereocenters. The zero-order chi connectivity index (χ0) is 9.64. The molecule has 68 valence electrons. The maximum atomic E-state index is 11.5. The third-order valence-corrected chi connectivity index (χ3v) is 3.90. The molecular weight excluding hydrogens is 208 g/mol. The summed E-state index contributed by atoms with van der Waals surface area (Å²) < 4.78 is 22.9. The zero-order valence-electron chi connectivity index (χ0n) is 6.91. The summed E-state index contributed by atoms with van der Waals surface area (Å²) >= 11 is 5.76. The Morgan fingerprint density at radius 2 is 2.00 bits per heavy atom. The van der Waals surface area contributed by atoms with Gasteiger partial charge in [0.15, 0.2) is 0 Å². The van der Waals surface area contributed by atoms with Crippen LogP contribution in [0.5, 0.6) is 0 Å². The maximum absolute atomic E-state index is 11.5. The summed E-state index contributed by atoms with van der Waals surface area (Å²) in [6.07, 6.45) is 0. The molecule has 0 amide bonds. The maximum Gasteiger partial charge on any atom is 0.201 e. The van der Waals surface area contributed by atoms with Gasteiger partial charge in [-0.3, -0.25) is 0 Å². The normalized spacial score (nSPS) is 18.2. The van der Waals surface area contributed by atoms with E-state index in [1.54, 1.807) is 12.1 Å². The highest BCUT2D eigenvalue weighted by atomic mass is 35.5. The first-order valence-electron chi connectivity index (χ1n) is 3.74. The van der Waals surface area contributed by atoms with Crippen LogP contribution in [-0.2, 0) is 9.84 Å². The van der Waals surface area contributed by atoms with E-state index in [1.807, 2.05) is 13.0 Å². The van der Waals surface area contributed by atoms with Crippen LogP contribution in [0.2, 0.25) is 0 Å². The molecule has 1 aliphatic rings. The molecule has 1 aliphatic heterocycles. The molecule has 0 atom stereocenters. The molecule has 0 aromatic heterocycles. The van der Waals surface area contributed by atoms with Gasteiger partial charge in [0.1, 0.15) is 0 Å². The van der Waals surface area contributed by atoms with Crippen LogP contribution in [0.15, 0.2) is 28.5 Å². The summed E-state index contributed by atoms with van der Waals surface area (Å²) in [7, 11) is -3.27. The van der Waals surface area contributed by atoms with Gasteiger partial charge < -0.3 is 0 Å². The van der Waals surface area contributed by atoms with Gasteiger partial charge in [-0.1, -0.05) is 23.7 Å². The highest BCUT2D eigenvalue weighted by Gasteiger charge is 2.25. The van der Waals surface area contributed by atoms with Crippen molar-refractivity contribution in [3.63, 3.8) is 0 Å². The van der Waals surface area contributed by atoms with Crippen molar-refractivity contribution in [1.82, 2.24) is 0 Å². The Kier molecular flexibility index (Phi) is 1.75. The van der Waals surface area contributed by atoms with E-state index < -0.39 is 9.84 Å². The molecule has 2 nitrogen and oxygen atoms in total. The van der Waals surface area contributed by atoms with Crippen LogP contribution in [0.3, 0.4) is 0 Å². The lowest BCUT2D eigenvalue weighted by molar-refractivity contribution is 0.605. The Morgan fingerprint density at radius 1 is 1.31 bits per heavy atom. The van der Waals surface area contributed by atoms with E-state index in [1.165, 1.54) is 0 Å². The monoisotopic (exact) mass is 214 g/mol. The Morgan fingerprint density at radius 3 is 2.69 bits per heavy atom. The van der Waals surface area contributed by atoms with Crippen molar-refractivity contribution in [3.8, 4) is 0 Å². The minimum Gasteiger partial charge on any atom is -0.219 e. The molecule has 0 saturated carbocycles. The van der Waals surface area contributed by atoms with Gasteiger partial charge in [0.2, 0.25) is 9.84 Å². The van der Waals surface area contributed by atoms with Gasteiger partial charge >= 0.3 is 0 Å². The Labute approximate surface area is 81.8 Å². The van der Waals surface area contributed by atoms with E-state index in [0.717, 1.165) is 11.0 Å². The largest absolute Gasteiger partial charge is 0.219 e. The van der Waals surface area contributed by atoms with Crippen LogP contribution in [0.25, 0.3) is 5.03 Å². The zero-order valence-corrected chi connectivity index (χ0v) is 8.48. The number of rotatable bonds is 0. The molecule has 13 heavy (non-hydrogen) atoms. The van der Waals surface area contributed by atoms with Crippen molar-refractivity contribution in [2.45, 2.75) is 11.8 Å². The third kappa shape index (κ3) is 1.28. The highest BCUT2D eigenvalue weighted by Crippen LogP contribution is 2.35. The standard InChI is InChI=1S/C9H7ClO2S/c1-6-2-3-7-8(10)5-13(11,12)9(7)4-6/h2-5H,1H3. The number of hydrogen-bond donors (Lipinski definition) is 0. The Bertz CT molecular complexity index is 500. The van der Waals surface area contributed by atoms with Crippen molar-refractivity contribution in [3.05, 3.63) is 34.7 Å². The molecule has 0 radical (unpaired) electrons. The lowest BCUT2D eigenvalue weighted by Crippen LogP contribution is -1.93. The Hall–Kier alpha value is -0.800. The first kappa shape index (κ1) is 8.78. The molecule has 0 aliphatic carbocycles. The summed E-state index contributed by atoms with van der Waals surface area (Å²) in [4.78, 5) is 0.317.